The van der Waals surface area contributed by atoms with Gasteiger partial charge in [-0.3, -0.25) is 0 Å². The molecule has 7 heteroatoms. The molecule has 0 atom stereocenters. The quantitative estimate of drug-likeness (QED) is 0.625. The highest BCUT2D eigenvalue weighted by atomic mass is 32.2. The maximum Gasteiger partial charge on any atom is 0.446 e. The number of nitriles is 1. The van der Waals surface area contributed by atoms with E-state index in [1.807, 2.05) is 6.07 Å². The fraction of sp³-hybridized carbons (Fsp3) is 0.385. The summed E-state index contributed by atoms with van der Waals surface area (Å²) in [5.74, 6) is -0.789. The number of carbonyl (C=O) groups is 1. The number of ether oxygens (including phenoxy) is 1. The zero-order chi connectivity index (χ0) is 15.3. The molecule has 0 heterocycles. The number of benzene rings is 1. The predicted molar refractivity (Wildman–Crippen MR) is 68.4 cm³/mol. The Balaban J connectivity index is 3.35. The first-order valence-electron chi connectivity index (χ1n) is 5.82. The maximum atomic E-state index is 12.4. The molecule has 0 fully saturated rings. The van der Waals surface area contributed by atoms with Crippen LogP contribution in [-0.4, -0.2) is 18.1 Å². The monoisotopic (exact) mass is 303 g/mol. The van der Waals surface area contributed by atoms with Crippen LogP contribution in [0, 0.1) is 11.3 Å². The van der Waals surface area contributed by atoms with Gasteiger partial charge >= 0.3 is 11.5 Å². The molecule has 0 bridgehead atoms. The molecule has 0 aliphatic carbocycles. The Morgan fingerprint density at radius 1 is 1.40 bits per heavy atom. The fourth-order valence-corrected chi connectivity index (χ4v) is 2.29. The van der Waals surface area contributed by atoms with Crippen LogP contribution in [0.15, 0.2) is 17.0 Å². The van der Waals surface area contributed by atoms with Crippen molar-refractivity contribution in [1.29, 1.82) is 5.26 Å². The van der Waals surface area contributed by atoms with Gasteiger partial charge in [0.05, 0.1) is 17.7 Å². The van der Waals surface area contributed by atoms with Crippen LogP contribution in [0.3, 0.4) is 0 Å². The molecule has 0 radical (unpaired) electrons. The Labute approximate surface area is 118 Å². The summed E-state index contributed by atoms with van der Waals surface area (Å²) in [5.41, 5.74) is -4.12. The highest BCUT2D eigenvalue weighted by molar-refractivity contribution is 8.00. The molecular formula is C13H12F3NO2S. The summed E-state index contributed by atoms with van der Waals surface area (Å²) in [6.07, 6.45) is 0.349. The zero-order valence-electron chi connectivity index (χ0n) is 10.9. The van der Waals surface area contributed by atoms with Crippen LogP contribution in [0.5, 0.6) is 0 Å². The molecule has 0 unspecified atom stereocenters. The Kier molecular flexibility index (Phi) is 5.45. The van der Waals surface area contributed by atoms with Crippen molar-refractivity contribution >= 4 is 17.7 Å². The lowest BCUT2D eigenvalue weighted by molar-refractivity contribution is -0.0328. The molecular weight excluding hydrogens is 291 g/mol. The summed E-state index contributed by atoms with van der Waals surface area (Å²) in [4.78, 5) is 11.6. The molecule has 0 aliphatic heterocycles. The van der Waals surface area contributed by atoms with E-state index in [0.29, 0.717) is 12.0 Å². The Morgan fingerprint density at radius 3 is 2.50 bits per heavy atom. The van der Waals surface area contributed by atoms with Crippen molar-refractivity contribution in [2.45, 2.75) is 30.7 Å². The number of aryl methyl sites for hydroxylation is 1. The average molecular weight is 303 g/mol. The van der Waals surface area contributed by atoms with E-state index >= 15 is 0 Å². The van der Waals surface area contributed by atoms with Crippen molar-refractivity contribution < 1.29 is 22.7 Å². The van der Waals surface area contributed by atoms with Crippen molar-refractivity contribution in [3.8, 4) is 6.07 Å². The summed E-state index contributed by atoms with van der Waals surface area (Å²) in [6.45, 7) is 3.37. The molecule has 0 N–H and O–H groups in total. The molecule has 1 aromatic carbocycles. The summed E-state index contributed by atoms with van der Waals surface area (Å²) in [6, 6.07) is 4.18. The van der Waals surface area contributed by atoms with E-state index in [1.165, 1.54) is 6.07 Å². The molecule has 0 aromatic heterocycles. The smallest absolute Gasteiger partial charge is 0.446 e. The number of rotatable bonds is 4. The number of esters is 1. The van der Waals surface area contributed by atoms with E-state index in [1.54, 1.807) is 13.8 Å². The van der Waals surface area contributed by atoms with Crippen LogP contribution in [0.2, 0.25) is 0 Å². The van der Waals surface area contributed by atoms with E-state index in [0.717, 1.165) is 6.07 Å². The van der Waals surface area contributed by atoms with Crippen LogP contribution in [0.1, 0.15) is 35.3 Å². The van der Waals surface area contributed by atoms with E-state index in [-0.39, 0.29) is 34.4 Å². The summed E-state index contributed by atoms with van der Waals surface area (Å²) in [7, 11) is 0. The van der Waals surface area contributed by atoms with Crippen molar-refractivity contribution in [3.63, 3.8) is 0 Å². The summed E-state index contributed by atoms with van der Waals surface area (Å²) < 4.78 is 42.0. The van der Waals surface area contributed by atoms with Crippen LogP contribution < -0.4 is 0 Å². The van der Waals surface area contributed by atoms with Crippen LogP contribution >= 0.6 is 11.8 Å². The van der Waals surface area contributed by atoms with Gasteiger partial charge in [0.1, 0.15) is 6.07 Å². The standard InChI is InChI=1S/C13H12F3NO2S/c1-3-8-5-9(20-13(14,15)16)6-10(11(8)7-17)12(18)19-4-2/h5-6H,3-4H2,1-2H3. The average Bonchev–Trinajstić information content (AvgIpc) is 2.35. The van der Waals surface area contributed by atoms with Gasteiger partial charge in [-0.25, -0.2) is 4.79 Å². The second kappa shape index (κ2) is 6.66. The third-order valence-corrected chi connectivity index (χ3v) is 3.12. The molecule has 0 saturated carbocycles. The fourth-order valence-electron chi connectivity index (χ4n) is 1.65. The number of hydrogen-bond acceptors (Lipinski definition) is 4. The zero-order valence-corrected chi connectivity index (χ0v) is 11.7. The lowest BCUT2D eigenvalue weighted by Crippen LogP contribution is -2.10. The topological polar surface area (TPSA) is 50.1 Å². The Morgan fingerprint density at radius 2 is 2.05 bits per heavy atom. The number of halogens is 3. The maximum absolute atomic E-state index is 12.4. The third-order valence-electron chi connectivity index (χ3n) is 2.42. The molecule has 3 nitrogen and oxygen atoms in total. The van der Waals surface area contributed by atoms with Gasteiger partial charge in [0, 0.05) is 4.90 Å². The van der Waals surface area contributed by atoms with Gasteiger partial charge in [-0.15, -0.1) is 0 Å². The van der Waals surface area contributed by atoms with Gasteiger partial charge in [-0.05, 0) is 42.8 Å². The SMILES string of the molecule is CCOC(=O)c1cc(SC(F)(F)F)cc(CC)c1C#N. The predicted octanol–water partition coefficient (Wildman–Crippen LogP) is 3.91. The van der Waals surface area contributed by atoms with E-state index in [9.17, 15) is 18.0 Å². The second-order valence-electron chi connectivity index (χ2n) is 3.74. The van der Waals surface area contributed by atoms with Gasteiger partial charge < -0.3 is 4.74 Å². The van der Waals surface area contributed by atoms with Crippen molar-refractivity contribution in [2.24, 2.45) is 0 Å². The van der Waals surface area contributed by atoms with Gasteiger partial charge in [-0.2, -0.15) is 18.4 Å². The molecule has 20 heavy (non-hydrogen) atoms. The lowest BCUT2D eigenvalue weighted by Gasteiger charge is -2.12. The Hall–Kier alpha value is -1.68. The molecule has 1 rings (SSSR count). The van der Waals surface area contributed by atoms with E-state index in [2.05, 4.69) is 0 Å². The first kappa shape index (κ1) is 16.4. The van der Waals surface area contributed by atoms with Gasteiger partial charge in [0.15, 0.2) is 0 Å². The van der Waals surface area contributed by atoms with Gasteiger partial charge in [0.25, 0.3) is 0 Å². The van der Waals surface area contributed by atoms with Gasteiger partial charge in [0.2, 0.25) is 0 Å². The normalized spacial score (nSPS) is 11.0. The van der Waals surface area contributed by atoms with E-state index < -0.39 is 11.5 Å². The minimum atomic E-state index is -4.45. The van der Waals surface area contributed by atoms with Gasteiger partial charge in [-0.1, -0.05) is 6.92 Å². The summed E-state index contributed by atoms with van der Waals surface area (Å²) >= 11 is -0.318. The van der Waals surface area contributed by atoms with Crippen LogP contribution in [0.25, 0.3) is 0 Å². The lowest BCUT2D eigenvalue weighted by atomic mass is 10.0. The number of carbonyl (C=O) groups excluding carboxylic acids is 1. The molecule has 0 spiro atoms. The van der Waals surface area contributed by atoms with Crippen LogP contribution in [-0.2, 0) is 11.2 Å². The Bertz CT molecular complexity index is 550. The van der Waals surface area contributed by atoms with Crippen molar-refractivity contribution in [1.82, 2.24) is 0 Å². The highest BCUT2D eigenvalue weighted by Gasteiger charge is 2.30. The third kappa shape index (κ3) is 4.17. The van der Waals surface area contributed by atoms with Crippen molar-refractivity contribution in [2.75, 3.05) is 6.61 Å². The number of nitrogens with zero attached hydrogens (tertiary/aromatic N) is 1. The molecule has 0 saturated heterocycles. The number of alkyl halides is 3. The number of thioether (sulfide) groups is 1. The molecule has 108 valence electrons. The first-order valence-corrected chi connectivity index (χ1v) is 6.63. The highest BCUT2D eigenvalue weighted by Crippen LogP contribution is 2.38. The molecule has 0 amide bonds. The minimum absolute atomic E-state index is 0.0671. The molecule has 0 aliphatic rings. The van der Waals surface area contributed by atoms with Crippen molar-refractivity contribution in [3.05, 3.63) is 28.8 Å². The molecule has 1 aromatic rings. The van der Waals surface area contributed by atoms with Crippen LogP contribution in [0.4, 0.5) is 13.2 Å². The summed E-state index contributed by atoms with van der Waals surface area (Å²) in [5, 5.41) is 9.08. The number of hydrogen-bond donors (Lipinski definition) is 0. The first-order chi connectivity index (χ1) is 9.32. The largest absolute Gasteiger partial charge is 0.462 e. The minimum Gasteiger partial charge on any atom is -0.462 e. The van der Waals surface area contributed by atoms with E-state index in [4.69, 9.17) is 10.00 Å². The second-order valence-corrected chi connectivity index (χ2v) is 4.88.